The fraction of sp³-hybridized carbons (Fsp3) is 0.176. The summed E-state index contributed by atoms with van der Waals surface area (Å²) in [5.74, 6) is 0.505. The third-order valence-corrected chi connectivity index (χ3v) is 4.13. The summed E-state index contributed by atoms with van der Waals surface area (Å²) in [6.45, 7) is 2.22. The van der Waals surface area contributed by atoms with E-state index in [1.807, 2.05) is 0 Å². The first-order valence-electron chi connectivity index (χ1n) is 6.23. The average molecular weight is 218 g/mol. The molecule has 0 amide bonds. The summed E-state index contributed by atoms with van der Waals surface area (Å²) in [5.41, 5.74) is 8.79. The van der Waals surface area contributed by atoms with Gasteiger partial charge in [-0.3, -0.25) is 0 Å². The van der Waals surface area contributed by atoms with Gasteiger partial charge in [-0.05, 0) is 46.8 Å². The van der Waals surface area contributed by atoms with Gasteiger partial charge in [0.1, 0.15) is 0 Å². The van der Waals surface area contributed by atoms with Crippen LogP contribution in [0.3, 0.4) is 0 Å². The molecule has 0 aromatic heterocycles. The molecule has 0 fully saturated rings. The fourth-order valence-corrected chi connectivity index (χ4v) is 3.25. The Kier molecular flexibility index (Phi) is 1.69. The summed E-state index contributed by atoms with van der Waals surface area (Å²) in [7, 11) is 0. The molecule has 0 aliphatic heterocycles. The fourth-order valence-electron chi connectivity index (χ4n) is 3.25. The highest BCUT2D eigenvalue weighted by Gasteiger charge is 2.32. The monoisotopic (exact) mass is 218 g/mol. The molecule has 0 spiro atoms. The first-order chi connectivity index (χ1) is 8.34. The highest BCUT2D eigenvalue weighted by Crippen LogP contribution is 2.47. The molecule has 0 heterocycles. The van der Waals surface area contributed by atoms with Gasteiger partial charge in [-0.2, -0.15) is 0 Å². The number of hydrogen-bond acceptors (Lipinski definition) is 0. The van der Waals surface area contributed by atoms with Gasteiger partial charge in [0.2, 0.25) is 0 Å². The van der Waals surface area contributed by atoms with Crippen LogP contribution >= 0.6 is 0 Å². The Labute approximate surface area is 102 Å². The lowest BCUT2D eigenvalue weighted by molar-refractivity contribution is 0.826. The second-order valence-electron chi connectivity index (χ2n) is 5.07. The number of hydrogen-bond donors (Lipinski definition) is 0. The minimum Gasteiger partial charge on any atom is -0.0795 e. The van der Waals surface area contributed by atoms with Gasteiger partial charge in [-0.15, -0.1) is 0 Å². The minimum atomic E-state index is 0.505. The lowest BCUT2D eigenvalue weighted by atomic mass is 9.68. The largest absolute Gasteiger partial charge is 0.0795 e. The zero-order chi connectivity index (χ0) is 11.4. The highest BCUT2D eigenvalue weighted by atomic mass is 14.4. The molecule has 0 saturated heterocycles. The molecule has 1 unspecified atom stereocenters. The Morgan fingerprint density at radius 3 is 2.88 bits per heavy atom. The van der Waals surface area contributed by atoms with Gasteiger partial charge in [0.25, 0.3) is 0 Å². The summed E-state index contributed by atoms with van der Waals surface area (Å²) in [6.07, 6.45) is 19.3. The van der Waals surface area contributed by atoms with Gasteiger partial charge < -0.3 is 0 Å². The van der Waals surface area contributed by atoms with Gasteiger partial charge in [0.15, 0.2) is 0 Å². The molecular weight excluding hydrogens is 204 g/mol. The van der Waals surface area contributed by atoms with E-state index >= 15 is 0 Å². The van der Waals surface area contributed by atoms with Crippen molar-refractivity contribution in [3.05, 3.63) is 82.0 Å². The van der Waals surface area contributed by atoms with Crippen molar-refractivity contribution in [3.8, 4) is 0 Å². The standard InChI is InChI=1S/C17H14/c1-11-5-6-14-8-7-12-3-2-4-13-9-10-15(11)17(14)16(12)13/h2-3,5-10,17H,4H2,1H3. The van der Waals surface area contributed by atoms with Crippen molar-refractivity contribution < 1.29 is 0 Å². The second kappa shape index (κ2) is 3.10. The molecule has 1 atom stereocenters. The van der Waals surface area contributed by atoms with E-state index in [1.165, 1.54) is 27.9 Å². The average Bonchev–Trinajstić information content (AvgIpc) is 2.38. The van der Waals surface area contributed by atoms with Crippen LogP contribution in [0.2, 0.25) is 0 Å². The number of allylic oxidation sites excluding steroid dienone is 14. The Bertz CT molecular complexity index is 625. The summed E-state index contributed by atoms with van der Waals surface area (Å²) >= 11 is 0. The molecule has 82 valence electrons. The van der Waals surface area contributed by atoms with Gasteiger partial charge in [-0.1, -0.05) is 48.6 Å². The predicted molar refractivity (Wildman–Crippen MR) is 71.4 cm³/mol. The first-order valence-corrected chi connectivity index (χ1v) is 6.23. The summed E-state index contributed by atoms with van der Waals surface area (Å²) < 4.78 is 0. The third kappa shape index (κ3) is 1.13. The van der Waals surface area contributed by atoms with Crippen molar-refractivity contribution in [2.75, 3.05) is 0 Å². The zero-order valence-corrected chi connectivity index (χ0v) is 9.90. The molecule has 0 saturated carbocycles. The maximum Gasteiger partial charge on any atom is 0.0351 e. The molecule has 0 aromatic carbocycles. The van der Waals surface area contributed by atoms with Crippen molar-refractivity contribution in [2.45, 2.75) is 13.3 Å². The summed E-state index contributed by atoms with van der Waals surface area (Å²) in [4.78, 5) is 0. The summed E-state index contributed by atoms with van der Waals surface area (Å²) in [5, 5.41) is 0. The van der Waals surface area contributed by atoms with E-state index in [4.69, 9.17) is 0 Å². The van der Waals surface area contributed by atoms with Crippen molar-refractivity contribution in [2.24, 2.45) is 5.92 Å². The van der Waals surface area contributed by atoms with Crippen LogP contribution in [0.5, 0.6) is 0 Å². The number of rotatable bonds is 0. The van der Waals surface area contributed by atoms with Crippen LogP contribution in [-0.4, -0.2) is 0 Å². The van der Waals surface area contributed by atoms with E-state index in [0.29, 0.717) is 5.92 Å². The molecule has 0 aromatic rings. The van der Waals surface area contributed by atoms with Crippen molar-refractivity contribution in [1.82, 2.24) is 0 Å². The molecule has 4 aliphatic carbocycles. The Balaban J connectivity index is 2.04. The van der Waals surface area contributed by atoms with Crippen LogP contribution in [-0.2, 0) is 0 Å². The van der Waals surface area contributed by atoms with Crippen LogP contribution in [0.15, 0.2) is 82.0 Å². The SMILES string of the molecule is CC1=C2C=CC3=C4C(=CC=C(C=C1)C24)C=CC3. The summed E-state index contributed by atoms with van der Waals surface area (Å²) in [6, 6.07) is 0. The molecule has 4 rings (SSSR count). The van der Waals surface area contributed by atoms with Crippen LogP contribution in [0.1, 0.15) is 13.3 Å². The van der Waals surface area contributed by atoms with Gasteiger partial charge in [-0.25, -0.2) is 0 Å². The van der Waals surface area contributed by atoms with Crippen molar-refractivity contribution in [1.29, 1.82) is 0 Å². The Morgan fingerprint density at radius 1 is 1.00 bits per heavy atom. The van der Waals surface area contributed by atoms with E-state index < -0.39 is 0 Å². The molecule has 0 radical (unpaired) electrons. The predicted octanol–water partition coefficient (Wildman–Crippen LogP) is 4.18. The van der Waals surface area contributed by atoms with E-state index in [9.17, 15) is 0 Å². The maximum absolute atomic E-state index is 2.32. The van der Waals surface area contributed by atoms with Crippen LogP contribution in [0, 0.1) is 5.92 Å². The minimum absolute atomic E-state index is 0.505. The van der Waals surface area contributed by atoms with Gasteiger partial charge in [0, 0.05) is 5.92 Å². The lowest BCUT2D eigenvalue weighted by Crippen LogP contribution is -2.21. The zero-order valence-electron chi connectivity index (χ0n) is 9.90. The van der Waals surface area contributed by atoms with Gasteiger partial charge in [0.05, 0.1) is 0 Å². The van der Waals surface area contributed by atoms with Crippen molar-refractivity contribution in [3.63, 3.8) is 0 Å². The van der Waals surface area contributed by atoms with Crippen molar-refractivity contribution >= 4 is 0 Å². The van der Waals surface area contributed by atoms with Crippen LogP contribution in [0.4, 0.5) is 0 Å². The molecular formula is C17H14. The quantitative estimate of drug-likeness (QED) is 0.572. The second-order valence-corrected chi connectivity index (χ2v) is 5.07. The maximum atomic E-state index is 2.32. The van der Waals surface area contributed by atoms with Gasteiger partial charge >= 0.3 is 0 Å². The molecule has 4 aliphatic rings. The highest BCUT2D eigenvalue weighted by molar-refractivity contribution is 5.68. The Morgan fingerprint density at radius 2 is 1.94 bits per heavy atom. The smallest absolute Gasteiger partial charge is 0.0351 e. The lowest BCUT2D eigenvalue weighted by Gasteiger charge is -2.36. The molecule has 0 bridgehead atoms. The third-order valence-electron chi connectivity index (χ3n) is 4.13. The van der Waals surface area contributed by atoms with E-state index in [1.54, 1.807) is 5.57 Å². The Hall–Kier alpha value is -1.82. The van der Waals surface area contributed by atoms with E-state index in [2.05, 4.69) is 55.5 Å². The van der Waals surface area contributed by atoms with Crippen LogP contribution < -0.4 is 0 Å². The normalized spacial score (nSPS) is 28.2. The topological polar surface area (TPSA) is 0 Å². The first kappa shape index (κ1) is 9.23. The van der Waals surface area contributed by atoms with Crippen LogP contribution in [0.25, 0.3) is 0 Å². The molecule has 0 heteroatoms. The molecule has 0 N–H and O–H groups in total. The molecule has 0 nitrogen and oxygen atoms in total. The van der Waals surface area contributed by atoms with E-state index in [0.717, 1.165) is 6.42 Å². The van der Waals surface area contributed by atoms with E-state index in [-0.39, 0.29) is 0 Å². The molecule has 17 heavy (non-hydrogen) atoms.